The summed E-state index contributed by atoms with van der Waals surface area (Å²) in [5.74, 6) is 0.239. The molecule has 0 spiro atoms. The molecule has 1 fully saturated rings. The third-order valence-electron chi connectivity index (χ3n) is 2.55. The molecule has 1 saturated heterocycles. The van der Waals surface area contributed by atoms with Crippen LogP contribution < -0.4 is 5.32 Å². The van der Waals surface area contributed by atoms with Crippen molar-refractivity contribution in [2.24, 2.45) is 0 Å². The van der Waals surface area contributed by atoms with Gasteiger partial charge in [-0.3, -0.25) is 9.59 Å². The van der Waals surface area contributed by atoms with Crippen LogP contribution in [0.15, 0.2) is 10.9 Å². The maximum Gasteiger partial charge on any atom is 0.242 e. The van der Waals surface area contributed by atoms with E-state index in [2.05, 4.69) is 15.5 Å². The first-order valence-corrected chi connectivity index (χ1v) is 5.01. The summed E-state index contributed by atoms with van der Waals surface area (Å²) in [6.07, 6.45) is 1.77. The fourth-order valence-electron chi connectivity index (χ4n) is 1.61. The van der Waals surface area contributed by atoms with Crippen molar-refractivity contribution < 1.29 is 14.1 Å². The Morgan fingerprint density at radius 1 is 1.62 bits per heavy atom. The van der Waals surface area contributed by atoms with Crippen molar-refractivity contribution in [3.05, 3.63) is 12.2 Å². The maximum atomic E-state index is 11.6. The quantitative estimate of drug-likeness (QED) is 0.708. The summed E-state index contributed by atoms with van der Waals surface area (Å²) in [6.45, 7) is 2.17. The Kier molecular flexibility index (Phi) is 2.84. The number of rotatable bonds is 3. The fraction of sp³-hybridized carbons (Fsp3) is 0.556. The molecule has 1 aliphatic heterocycles. The lowest BCUT2D eigenvalue weighted by molar-refractivity contribution is -0.144. The van der Waals surface area contributed by atoms with Gasteiger partial charge in [0, 0.05) is 13.0 Å². The molecule has 1 aliphatic rings. The molecule has 1 N–H and O–H groups in total. The number of hydrogen-bond donors (Lipinski definition) is 1. The van der Waals surface area contributed by atoms with Crippen LogP contribution in [0.2, 0.25) is 0 Å². The van der Waals surface area contributed by atoms with E-state index in [1.54, 1.807) is 6.92 Å². The molecule has 0 saturated carbocycles. The second kappa shape index (κ2) is 4.30. The van der Waals surface area contributed by atoms with Crippen LogP contribution in [0.5, 0.6) is 0 Å². The van der Waals surface area contributed by atoms with Crippen LogP contribution in [0.25, 0.3) is 0 Å². The highest BCUT2D eigenvalue weighted by atomic mass is 16.5. The fourth-order valence-corrected chi connectivity index (χ4v) is 1.61. The molecule has 7 heteroatoms. The summed E-state index contributed by atoms with van der Waals surface area (Å²) in [6, 6.07) is -0.441. The summed E-state index contributed by atoms with van der Waals surface area (Å²) in [5, 5.41) is 5.99. The van der Waals surface area contributed by atoms with Crippen molar-refractivity contribution in [1.82, 2.24) is 20.4 Å². The van der Waals surface area contributed by atoms with Gasteiger partial charge >= 0.3 is 0 Å². The van der Waals surface area contributed by atoms with Crippen LogP contribution in [0.3, 0.4) is 0 Å². The number of nitrogens with zero attached hydrogens (tertiary/aromatic N) is 3. The third kappa shape index (κ3) is 2.02. The standard InChI is InChI=1S/C9H12N4O3/c1-6-9(15)10-4-8(14)13(6)3-2-7-11-5-12-16-7/h5-6H,2-4H2,1H3,(H,10,15). The number of piperazine rings is 1. The van der Waals surface area contributed by atoms with Crippen molar-refractivity contribution in [3.8, 4) is 0 Å². The van der Waals surface area contributed by atoms with Gasteiger partial charge in [-0.25, -0.2) is 0 Å². The molecule has 2 heterocycles. The molecular weight excluding hydrogens is 212 g/mol. The van der Waals surface area contributed by atoms with Gasteiger partial charge in [-0.2, -0.15) is 4.98 Å². The van der Waals surface area contributed by atoms with E-state index in [-0.39, 0.29) is 18.4 Å². The second-order valence-corrected chi connectivity index (χ2v) is 3.57. The molecule has 7 nitrogen and oxygen atoms in total. The highest BCUT2D eigenvalue weighted by molar-refractivity contribution is 5.94. The minimum atomic E-state index is -0.441. The van der Waals surface area contributed by atoms with Gasteiger partial charge in [0.1, 0.15) is 6.04 Å². The zero-order valence-electron chi connectivity index (χ0n) is 8.84. The first kappa shape index (κ1) is 10.6. The second-order valence-electron chi connectivity index (χ2n) is 3.57. The van der Waals surface area contributed by atoms with Crippen molar-refractivity contribution in [2.75, 3.05) is 13.1 Å². The van der Waals surface area contributed by atoms with Gasteiger partial charge in [0.2, 0.25) is 17.7 Å². The minimum absolute atomic E-state index is 0.0625. The highest BCUT2D eigenvalue weighted by Crippen LogP contribution is 2.06. The van der Waals surface area contributed by atoms with E-state index >= 15 is 0 Å². The molecule has 2 amide bonds. The van der Waals surface area contributed by atoms with Crippen LogP contribution >= 0.6 is 0 Å². The molecule has 16 heavy (non-hydrogen) atoms. The lowest BCUT2D eigenvalue weighted by Gasteiger charge is -2.32. The van der Waals surface area contributed by atoms with Gasteiger partial charge in [0.15, 0.2) is 6.33 Å². The molecule has 1 atom stereocenters. The predicted molar refractivity (Wildman–Crippen MR) is 52.2 cm³/mol. The van der Waals surface area contributed by atoms with E-state index in [0.29, 0.717) is 18.9 Å². The Bertz CT molecular complexity index is 389. The van der Waals surface area contributed by atoms with Crippen LogP contribution in [0.4, 0.5) is 0 Å². The molecule has 1 aromatic heterocycles. The van der Waals surface area contributed by atoms with E-state index in [1.807, 2.05) is 0 Å². The Labute approximate surface area is 91.8 Å². The minimum Gasteiger partial charge on any atom is -0.345 e. The molecule has 86 valence electrons. The van der Waals surface area contributed by atoms with Crippen LogP contribution in [-0.4, -0.2) is 46.0 Å². The number of hydrogen-bond acceptors (Lipinski definition) is 5. The van der Waals surface area contributed by atoms with Gasteiger partial charge < -0.3 is 14.7 Å². The molecule has 2 rings (SSSR count). The average molecular weight is 224 g/mol. The van der Waals surface area contributed by atoms with Crippen LogP contribution in [0.1, 0.15) is 12.8 Å². The van der Waals surface area contributed by atoms with Crippen LogP contribution in [0, 0.1) is 0 Å². The number of aromatic nitrogens is 2. The number of carbonyl (C=O) groups excluding carboxylic acids is 2. The Morgan fingerprint density at radius 3 is 3.12 bits per heavy atom. The van der Waals surface area contributed by atoms with E-state index in [9.17, 15) is 9.59 Å². The SMILES string of the molecule is CC1C(=O)NCC(=O)N1CCc1ncno1. The van der Waals surface area contributed by atoms with Gasteiger partial charge in [-0.1, -0.05) is 5.16 Å². The van der Waals surface area contributed by atoms with E-state index < -0.39 is 6.04 Å². The number of carbonyl (C=O) groups is 2. The van der Waals surface area contributed by atoms with Crippen molar-refractivity contribution >= 4 is 11.8 Å². The largest absolute Gasteiger partial charge is 0.345 e. The van der Waals surface area contributed by atoms with Gasteiger partial charge in [-0.15, -0.1) is 0 Å². The van der Waals surface area contributed by atoms with E-state index in [1.165, 1.54) is 11.2 Å². The lowest BCUT2D eigenvalue weighted by atomic mass is 10.2. The van der Waals surface area contributed by atoms with Gasteiger partial charge in [0.05, 0.1) is 6.54 Å². The first-order valence-electron chi connectivity index (χ1n) is 5.01. The Morgan fingerprint density at radius 2 is 2.44 bits per heavy atom. The summed E-state index contributed by atoms with van der Waals surface area (Å²) < 4.78 is 4.82. The van der Waals surface area contributed by atoms with Crippen molar-refractivity contribution in [2.45, 2.75) is 19.4 Å². The summed E-state index contributed by atoms with van der Waals surface area (Å²) in [5.41, 5.74) is 0. The molecule has 0 aromatic carbocycles. The summed E-state index contributed by atoms with van der Waals surface area (Å²) >= 11 is 0. The van der Waals surface area contributed by atoms with E-state index in [4.69, 9.17) is 4.52 Å². The average Bonchev–Trinajstić information content (AvgIpc) is 2.77. The molecule has 0 bridgehead atoms. The number of nitrogens with one attached hydrogen (secondary N) is 1. The number of amides is 2. The first-order chi connectivity index (χ1) is 7.68. The zero-order valence-corrected chi connectivity index (χ0v) is 8.84. The summed E-state index contributed by atoms with van der Waals surface area (Å²) in [4.78, 5) is 28.3. The maximum absolute atomic E-state index is 11.6. The normalized spacial score (nSPS) is 21.1. The molecule has 1 aromatic rings. The van der Waals surface area contributed by atoms with E-state index in [0.717, 1.165) is 0 Å². The molecule has 0 aliphatic carbocycles. The summed E-state index contributed by atoms with van der Waals surface area (Å²) in [7, 11) is 0. The Balaban J connectivity index is 1.96. The lowest BCUT2D eigenvalue weighted by Crippen LogP contribution is -2.57. The van der Waals surface area contributed by atoms with Gasteiger partial charge in [0.25, 0.3) is 0 Å². The van der Waals surface area contributed by atoms with Crippen molar-refractivity contribution in [1.29, 1.82) is 0 Å². The smallest absolute Gasteiger partial charge is 0.242 e. The molecule has 0 radical (unpaired) electrons. The van der Waals surface area contributed by atoms with Crippen LogP contribution in [-0.2, 0) is 16.0 Å². The Hall–Kier alpha value is -1.92. The van der Waals surface area contributed by atoms with Crippen molar-refractivity contribution in [3.63, 3.8) is 0 Å². The predicted octanol–water partition coefficient (Wildman–Crippen LogP) is -1.04. The third-order valence-corrected chi connectivity index (χ3v) is 2.55. The topological polar surface area (TPSA) is 88.3 Å². The van der Waals surface area contributed by atoms with Gasteiger partial charge in [-0.05, 0) is 6.92 Å². The molecular formula is C9H12N4O3. The highest BCUT2D eigenvalue weighted by Gasteiger charge is 2.30. The molecule has 1 unspecified atom stereocenters. The monoisotopic (exact) mass is 224 g/mol. The zero-order chi connectivity index (χ0) is 11.5.